The summed E-state index contributed by atoms with van der Waals surface area (Å²) in [6.45, 7) is 6.80. The summed E-state index contributed by atoms with van der Waals surface area (Å²) < 4.78 is 27.6. The van der Waals surface area contributed by atoms with E-state index in [1.54, 1.807) is 18.2 Å². The van der Waals surface area contributed by atoms with Gasteiger partial charge in [0.1, 0.15) is 0 Å². The second kappa shape index (κ2) is 8.86. The lowest BCUT2D eigenvalue weighted by Gasteiger charge is -2.34. The van der Waals surface area contributed by atoms with Gasteiger partial charge in [0, 0.05) is 44.3 Å². The van der Waals surface area contributed by atoms with Gasteiger partial charge in [0.15, 0.2) is 0 Å². The molecular formula is C21H27N3O3S. The van der Waals surface area contributed by atoms with E-state index in [-0.39, 0.29) is 16.8 Å². The van der Waals surface area contributed by atoms with E-state index in [9.17, 15) is 13.2 Å². The van der Waals surface area contributed by atoms with Gasteiger partial charge in [-0.3, -0.25) is 9.69 Å². The Balaban J connectivity index is 1.66. The Labute approximate surface area is 167 Å². The predicted molar refractivity (Wildman–Crippen MR) is 110 cm³/mol. The lowest BCUT2D eigenvalue weighted by atomic mass is 10.2. The molecule has 1 N–H and O–H groups in total. The van der Waals surface area contributed by atoms with E-state index in [4.69, 9.17) is 0 Å². The Kier molecular flexibility index (Phi) is 6.49. The van der Waals surface area contributed by atoms with Crippen molar-refractivity contribution < 1.29 is 13.2 Å². The normalized spacial score (nSPS) is 16.2. The van der Waals surface area contributed by atoms with Crippen molar-refractivity contribution in [3.05, 3.63) is 65.7 Å². The van der Waals surface area contributed by atoms with Crippen LogP contribution >= 0.6 is 0 Å². The number of amides is 1. The third-order valence-corrected chi connectivity index (χ3v) is 6.63. The van der Waals surface area contributed by atoms with Gasteiger partial charge in [-0.15, -0.1) is 0 Å². The van der Waals surface area contributed by atoms with Crippen molar-refractivity contribution >= 4 is 15.9 Å². The number of hydrogen-bond donors (Lipinski definition) is 1. The molecule has 1 heterocycles. The molecule has 6 nitrogen and oxygen atoms in total. The highest BCUT2D eigenvalue weighted by Crippen LogP contribution is 2.20. The van der Waals surface area contributed by atoms with Crippen molar-refractivity contribution in [1.29, 1.82) is 0 Å². The average molecular weight is 402 g/mol. The van der Waals surface area contributed by atoms with Gasteiger partial charge in [0.2, 0.25) is 10.0 Å². The Morgan fingerprint density at radius 3 is 2.32 bits per heavy atom. The molecule has 0 spiro atoms. The van der Waals surface area contributed by atoms with E-state index in [1.807, 2.05) is 32.0 Å². The van der Waals surface area contributed by atoms with Crippen LogP contribution in [0.2, 0.25) is 0 Å². The van der Waals surface area contributed by atoms with Gasteiger partial charge in [-0.2, -0.15) is 4.31 Å². The zero-order chi connectivity index (χ0) is 20.1. The molecule has 0 unspecified atom stereocenters. The molecule has 0 radical (unpaired) electrons. The number of carbonyl (C=O) groups excluding carboxylic acids is 1. The third kappa shape index (κ3) is 4.98. The number of hydrogen-bond acceptors (Lipinski definition) is 4. The van der Waals surface area contributed by atoms with Gasteiger partial charge < -0.3 is 5.32 Å². The number of nitrogens with zero attached hydrogens (tertiary/aromatic N) is 2. The number of rotatable bonds is 6. The van der Waals surface area contributed by atoms with E-state index in [0.717, 1.165) is 6.54 Å². The molecule has 0 saturated carbocycles. The number of benzene rings is 2. The van der Waals surface area contributed by atoms with E-state index >= 15 is 0 Å². The summed E-state index contributed by atoms with van der Waals surface area (Å²) in [5.74, 6) is -0.264. The fraction of sp³-hybridized carbons (Fsp3) is 0.381. The minimum absolute atomic E-state index is 0.00884. The first-order valence-electron chi connectivity index (χ1n) is 9.53. The van der Waals surface area contributed by atoms with Gasteiger partial charge in [0.05, 0.1) is 4.90 Å². The first-order chi connectivity index (χ1) is 13.4. The molecule has 0 aliphatic carbocycles. The van der Waals surface area contributed by atoms with Crippen LogP contribution in [-0.4, -0.2) is 55.8 Å². The summed E-state index contributed by atoms with van der Waals surface area (Å²) in [7, 11) is -3.62. The fourth-order valence-corrected chi connectivity index (χ4v) is 4.73. The number of nitrogens with one attached hydrogen (secondary N) is 1. The van der Waals surface area contributed by atoms with Crippen molar-refractivity contribution in [1.82, 2.24) is 14.5 Å². The standard InChI is InChI=1S/C21H27N3O3S/c1-17(2)22-21(25)19-9-6-10-20(15-19)28(26,27)24-13-11-23(12-14-24)16-18-7-4-3-5-8-18/h3-10,15,17H,11-14,16H2,1-2H3,(H,22,25). The van der Waals surface area contributed by atoms with Gasteiger partial charge >= 0.3 is 0 Å². The summed E-state index contributed by atoms with van der Waals surface area (Å²) in [6.07, 6.45) is 0. The summed E-state index contributed by atoms with van der Waals surface area (Å²) in [4.78, 5) is 14.6. The number of piperazine rings is 1. The topological polar surface area (TPSA) is 69.7 Å². The summed E-state index contributed by atoms with van der Waals surface area (Å²) in [6, 6.07) is 16.4. The SMILES string of the molecule is CC(C)NC(=O)c1cccc(S(=O)(=O)N2CCN(Cc3ccccc3)CC2)c1. The summed E-state index contributed by atoms with van der Waals surface area (Å²) in [5, 5.41) is 2.79. The van der Waals surface area contributed by atoms with Crippen LogP contribution in [0.25, 0.3) is 0 Å². The summed E-state index contributed by atoms with van der Waals surface area (Å²) in [5.41, 5.74) is 1.58. The number of sulfonamides is 1. The molecule has 3 rings (SSSR count). The van der Waals surface area contributed by atoms with Crippen molar-refractivity contribution in [3.8, 4) is 0 Å². The highest BCUT2D eigenvalue weighted by atomic mass is 32.2. The van der Waals surface area contributed by atoms with Crippen LogP contribution in [0.1, 0.15) is 29.8 Å². The molecule has 2 aromatic rings. The van der Waals surface area contributed by atoms with Crippen LogP contribution in [0.4, 0.5) is 0 Å². The van der Waals surface area contributed by atoms with Gasteiger partial charge in [0.25, 0.3) is 5.91 Å². The molecule has 1 aliphatic rings. The lowest BCUT2D eigenvalue weighted by Crippen LogP contribution is -2.48. The second-order valence-corrected chi connectivity index (χ2v) is 9.26. The van der Waals surface area contributed by atoms with Crippen LogP contribution < -0.4 is 5.32 Å². The zero-order valence-electron chi connectivity index (χ0n) is 16.3. The van der Waals surface area contributed by atoms with Crippen LogP contribution in [0.3, 0.4) is 0 Å². The molecule has 0 aromatic heterocycles. The van der Waals surface area contributed by atoms with Crippen molar-refractivity contribution in [2.45, 2.75) is 31.3 Å². The largest absolute Gasteiger partial charge is 0.350 e. The molecule has 0 bridgehead atoms. The quantitative estimate of drug-likeness (QED) is 0.807. The van der Waals surface area contributed by atoms with E-state index in [2.05, 4.69) is 22.3 Å². The first kappa shape index (κ1) is 20.5. The van der Waals surface area contributed by atoms with Crippen molar-refractivity contribution in [2.75, 3.05) is 26.2 Å². The van der Waals surface area contributed by atoms with E-state index in [0.29, 0.717) is 31.7 Å². The number of carbonyl (C=O) groups is 1. The van der Waals surface area contributed by atoms with Crippen molar-refractivity contribution in [2.24, 2.45) is 0 Å². The molecule has 7 heteroatoms. The smallest absolute Gasteiger partial charge is 0.251 e. The van der Waals surface area contributed by atoms with E-state index < -0.39 is 10.0 Å². The molecule has 1 saturated heterocycles. The Morgan fingerprint density at radius 1 is 1.00 bits per heavy atom. The maximum absolute atomic E-state index is 13.0. The lowest BCUT2D eigenvalue weighted by molar-refractivity contribution is 0.0943. The van der Waals surface area contributed by atoms with Crippen LogP contribution in [0.5, 0.6) is 0 Å². The van der Waals surface area contributed by atoms with Crippen LogP contribution in [0, 0.1) is 0 Å². The molecule has 1 aliphatic heterocycles. The van der Waals surface area contributed by atoms with Crippen molar-refractivity contribution in [3.63, 3.8) is 0 Å². The maximum Gasteiger partial charge on any atom is 0.251 e. The minimum Gasteiger partial charge on any atom is -0.350 e. The molecule has 1 fully saturated rings. The highest BCUT2D eigenvalue weighted by Gasteiger charge is 2.29. The third-order valence-electron chi connectivity index (χ3n) is 4.73. The highest BCUT2D eigenvalue weighted by molar-refractivity contribution is 7.89. The maximum atomic E-state index is 13.0. The zero-order valence-corrected chi connectivity index (χ0v) is 17.2. The fourth-order valence-electron chi connectivity index (χ4n) is 3.26. The van der Waals surface area contributed by atoms with Crippen LogP contribution in [-0.2, 0) is 16.6 Å². The molecule has 2 aromatic carbocycles. The van der Waals surface area contributed by atoms with Gasteiger partial charge in [-0.05, 0) is 37.6 Å². The molecule has 150 valence electrons. The first-order valence-corrected chi connectivity index (χ1v) is 11.0. The monoisotopic (exact) mass is 401 g/mol. The molecular weight excluding hydrogens is 374 g/mol. The second-order valence-electron chi connectivity index (χ2n) is 7.32. The van der Waals surface area contributed by atoms with Crippen LogP contribution in [0.15, 0.2) is 59.5 Å². The minimum atomic E-state index is -3.62. The Hall–Kier alpha value is -2.22. The molecule has 0 atom stereocenters. The van der Waals surface area contributed by atoms with Gasteiger partial charge in [-0.1, -0.05) is 36.4 Å². The Morgan fingerprint density at radius 2 is 1.68 bits per heavy atom. The average Bonchev–Trinajstić information content (AvgIpc) is 2.69. The Bertz CT molecular complexity index is 906. The molecule has 28 heavy (non-hydrogen) atoms. The predicted octanol–water partition coefficient (Wildman–Crippen LogP) is 2.33. The van der Waals surface area contributed by atoms with Gasteiger partial charge in [-0.25, -0.2) is 8.42 Å². The van der Waals surface area contributed by atoms with E-state index in [1.165, 1.54) is 15.9 Å². The summed E-state index contributed by atoms with van der Waals surface area (Å²) >= 11 is 0. The molecule has 1 amide bonds.